The van der Waals surface area contributed by atoms with Gasteiger partial charge in [0.25, 0.3) is 0 Å². The van der Waals surface area contributed by atoms with Gasteiger partial charge in [-0.3, -0.25) is 9.59 Å². The lowest BCUT2D eigenvalue weighted by atomic mass is 9.98. The molecule has 8 heteroatoms. The third-order valence-corrected chi connectivity index (χ3v) is 4.93. The van der Waals surface area contributed by atoms with Crippen molar-refractivity contribution in [3.8, 4) is 0 Å². The van der Waals surface area contributed by atoms with Gasteiger partial charge in [0.05, 0.1) is 13.2 Å². The molecule has 1 aliphatic rings. The van der Waals surface area contributed by atoms with Crippen molar-refractivity contribution >= 4 is 11.9 Å². The van der Waals surface area contributed by atoms with Crippen molar-refractivity contribution in [1.82, 2.24) is 0 Å². The predicted molar refractivity (Wildman–Crippen MR) is 113 cm³/mol. The Morgan fingerprint density at radius 2 is 1.34 bits per heavy atom. The molecule has 1 aliphatic heterocycles. The van der Waals surface area contributed by atoms with Crippen LogP contribution in [0.15, 0.2) is 60.7 Å². The first kappa shape index (κ1) is 23.9. The van der Waals surface area contributed by atoms with Gasteiger partial charge in [0.1, 0.15) is 24.9 Å². The molecule has 1 N–H and O–H groups in total. The van der Waals surface area contributed by atoms with E-state index in [4.69, 9.17) is 23.7 Å². The van der Waals surface area contributed by atoms with Crippen molar-refractivity contribution in [2.24, 2.45) is 0 Å². The first-order valence-electron chi connectivity index (χ1n) is 10.4. The van der Waals surface area contributed by atoms with Gasteiger partial charge in [0, 0.05) is 13.8 Å². The van der Waals surface area contributed by atoms with Crippen molar-refractivity contribution in [2.75, 3.05) is 6.61 Å². The number of hydrogen-bond donors (Lipinski definition) is 1. The lowest BCUT2D eigenvalue weighted by Gasteiger charge is -2.43. The van der Waals surface area contributed by atoms with Crippen LogP contribution in [0.25, 0.3) is 0 Å². The summed E-state index contributed by atoms with van der Waals surface area (Å²) < 4.78 is 28.3. The topological polar surface area (TPSA) is 101 Å². The van der Waals surface area contributed by atoms with Gasteiger partial charge in [-0.05, 0) is 11.1 Å². The summed E-state index contributed by atoms with van der Waals surface area (Å²) >= 11 is 0. The SMILES string of the molecule is CC(=O)OC[C@H]1O[C@H](O)[C@H](OC(C)=O)[C@@H](OCc2ccccc2)[C@@H]1OCc1ccccc1. The number of hydrogen-bond acceptors (Lipinski definition) is 8. The summed E-state index contributed by atoms with van der Waals surface area (Å²) in [6, 6.07) is 18.9. The van der Waals surface area contributed by atoms with E-state index in [0.717, 1.165) is 11.1 Å². The molecule has 1 heterocycles. The highest BCUT2D eigenvalue weighted by Gasteiger charge is 2.49. The van der Waals surface area contributed by atoms with Crippen LogP contribution in [0, 0.1) is 0 Å². The number of carbonyl (C=O) groups excluding carboxylic acids is 2. The number of aliphatic hydroxyl groups excluding tert-OH is 1. The molecule has 1 saturated heterocycles. The monoisotopic (exact) mass is 444 g/mol. The van der Waals surface area contributed by atoms with E-state index in [1.807, 2.05) is 60.7 Å². The fourth-order valence-electron chi connectivity index (χ4n) is 3.47. The lowest BCUT2D eigenvalue weighted by Crippen LogP contribution is -2.61. The van der Waals surface area contributed by atoms with Gasteiger partial charge < -0.3 is 28.8 Å². The van der Waals surface area contributed by atoms with E-state index in [-0.39, 0.29) is 19.8 Å². The maximum Gasteiger partial charge on any atom is 0.303 e. The van der Waals surface area contributed by atoms with Gasteiger partial charge in [0.2, 0.25) is 0 Å². The van der Waals surface area contributed by atoms with Crippen LogP contribution in [0.4, 0.5) is 0 Å². The molecule has 172 valence electrons. The normalized spacial score (nSPS) is 25.2. The highest BCUT2D eigenvalue weighted by Crippen LogP contribution is 2.29. The third-order valence-electron chi connectivity index (χ3n) is 4.93. The molecule has 0 saturated carbocycles. The van der Waals surface area contributed by atoms with E-state index < -0.39 is 42.6 Å². The number of benzene rings is 2. The van der Waals surface area contributed by atoms with Crippen LogP contribution in [-0.4, -0.2) is 54.4 Å². The Morgan fingerprint density at radius 3 is 1.84 bits per heavy atom. The van der Waals surface area contributed by atoms with Gasteiger partial charge in [-0.2, -0.15) is 0 Å². The van der Waals surface area contributed by atoms with Crippen LogP contribution in [0.5, 0.6) is 0 Å². The van der Waals surface area contributed by atoms with Gasteiger partial charge in [-0.15, -0.1) is 0 Å². The van der Waals surface area contributed by atoms with E-state index in [9.17, 15) is 14.7 Å². The Labute approximate surface area is 187 Å². The Balaban J connectivity index is 1.84. The minimum absolute atomic E-state index is 0.149. The molecule has 0 aliphatic carbocycles. The molecule has 8 nitrogen and oxygen atoms in total. The highest BCUT2D eigenvalue weighted by atomic mass is 16.7. The average molecular weight is 444 g/mol. The van der Waals surface area contributed by atoms with Crippen LogP contribution < -0.4 is 0 Å². The molecule has 2 aromatic rings. The largest absolute Gasteiger partial charge is 0.463 e. The first-order valence-corrected chi connectivity index (χ1v) is 10.4. The van der Waals surface area contributed by atoms with E-state index in [1.165, 1.54) is 13.8 Å². The summed E-state index contributed by atoms with van der Waals surface area (Å²) in [7, 11) is 0. The molecule has 0 spiro atoms. The fraction of sp³-hybridized carbons (Fsp3) is 0.417. The van der Waals surface area contributed by atoms with Crippen molar-refractivity contribution < 1.29 is 38.4 Å². The molecule has 32 heavy (non-hydrogen) atoms. The van der Waals surface area contributed by atoms with Crippen LogP contribution in [-0.2, 0) is 46.5 Å². The molecule has 1 fully saturated rings. The zero-order valence-corrected chi connectivity index (χ0v) is 18.1. The summed E-state index contributed by atoms with van der Waals surface area (Å²) in [4.78, 5) is 23.1. The van der Waals surface area contributed by atoms with Crippen LogP contribution in [0.3, 0.4) is 0 Å². The van der Waals surface area contributed by atoms with E-state index in [1.54, 1.807) is 0 Å². The van der Waals surface area contributed by atoms with Gasteiger partial charge in [-0.25, -0.2) is 0 Å². The maximum absolute atomic E-state index is 11.7. The minimum Gasteiger partial charge on any atom is -0.463 e. The smallest absolute Gasteiger partial charge is 0.303 e. The summed E-state index contributed by atoms with van der Waals surface area (Å²) in [5, 5.41) is 10.5. The standard InChI is InChI=1S/C24H28O8/c1-16(25)28-15-20-21(29-13-18-9-5-3-6-10-18)22(23(24(27)32-20)31-17(2)26)30-14-19-11-7-4-8-12-19/h3-12,20-24,27H,13-15H2,1-2H3/t20-,21-,22+,23-,24+/m1/s1. The molecule has 0 unspecified atom stereocenters. The van der Waals surface area contributed by atoms with E-state index >= 15 is 0 Å². The molecular formula is C24H28O8. The molecule has 3 rings (SSSR count). The minimum atomic E-state index is -1.48. The summed E-state index contributed by atoms with van der Waals surface area (Å²) in [5.74, 6) is -1.08. The third kappa shape index (κ3) is 6.86. The Hall–Kier alpha value is -2.78. The van der Waals surface area contributed by atoms with E-state index in [2.05, 4.69) is 0 Å². The predicted octanol–water partition coefficient (Wildman–Crippen LogP) is 2.37. The van der Waals surface area contributed by atoms with Crippen molar-refractivity contribution in [3.05, 3.63) is 71.8 Å². The highest BCUT2D eigenvalue weighted by molar-refractivity contribution is 5.66. The molecular weight excluding hydrogens is 416 g/mol. The molecule has 0 amide bonds. The number of aliphatic hydroxyl groups is 1. The lowest BCUT2D eigenvalue weighted by molar-refractivity contribution is -0.308. The number of carbonyl (C=O) groups is 2. The fourth-order valence-corrected chi connectivity index (χ4v) is 3.47. The molecule has 0 bridgehead atoms. The second-order valence-electron chi connectivity index (χ2n) is 7.46. The van der Waals surface area contributed by atoms with Crippen molar-refractivity contribution in [2.45, 2.75) is 57.8 Å². The summed E-state index contributed by atoms with van der Waals surface area (Å²) in [6.07, 6.45) is -5.08. The van der Waals surface area contributed by atoms with Crippen molar-refractivity contribution in [1.29, 1.82) is 0 Å². The second kappa shape index (κ2) is 11.7. The van der Waals surface area contributed by atoms with Gasteiger partial charge in [-0.1, -0.05) is 60.7 Å². The second-order valence-corrected chi connectivity index (χ2v) is 7.46. The Morgan fingerprint density at radius 1 is 0.812 bits per heavy atom. The Bertz CT molecular complexity index is 857. The summed E-state index contributed by atoms with van der Waals surface area (Å²) in [6.45, 7) is 2.79. The number of ether oxygens (including phenoxy) is 5. The Kier molecular flexibility index (Phi) is 8.75. The molecule has 2 aromatic carbocycles. The molecule has 0 radical (unpaired) electrons. The van der Waals surface area contributed by atoms with Gasteiger partial charge in [0.15, 0.2) is 12.4 Å². The summed E-state index contributed by atoms with van der Waals surface area (Å²) in [5.41, 5.74) is 1.81. The zero-order valence-electron chi connectivity index (χ0n) is 18.1. The number of rotatable bonds is 9. The average Bonchev–Trinajstić information content (AvgIpc) is 2.78. The van der Waals surface area contributed by atoms with Gasteiger partial charge >= 0.3 is 11.9 Å². The van der Waals surface area contributed by atoms with Crippen LogP contribution in [0.1, 0.15) is 25.0 Å². The quantitative estimate of drug-likeness (QED) is 0.589. The zero-order chi connectivity index (χ0) is 22.9. The first-order chi connectivity index (χ1) is 15.4. The molecule has 5 atom stereocenters. The number of esters is 2. The van der Waals surface area contributed by atoms with Crippen LogP contribution in [0.2, 0.25) is 0 Å². The van der Waals surface area contributed by atoms with Crippen molar-refractivity contribution in [3.63, 3.8) is 0 Å². The molecule has 0 aromatic heterocycles. The van der Waals surface area contributed by atoms with E-state index in [0.29, 0.717) is 0 Å². The maximum atomic E-state index is 11.7. The van der Waals surface area contributed by atoms with Crippen LogP contribution >= 0.6 is 0 Å².